The van der Waals surface area contributed by atoms with Crippen LogP contribution < -0.4 is 10.1 Å². The van der Waals surface area contributed by atoms with E-state index in [0.717, 1.165) is 18.5 Å². The summed E-state index contributed by atoms with van der Waals surface area (Å²) in [6.07, 6.45) is 1.52. The molecule has 0 heterocycles. The molecule has 0 aliphatic rings. The molecule has 1 amide bonds. The Morgan fingerprint density at radius 1 is 1.03 bits per heavy atom. The predicted molar refractivity (Wildman–Crippen MR) is 143 cm³/mol. The first kappa shape index (κ1) is 24.7. The molecule has 0 saturated heterocycles. The van der Waals surface area contributed by atoms with Gasteiger partial charge in [-0.25, -0.2) is 4.79 Å². The van der Waals surface area contributed by atoms with E-state index in [-0.39, 0.29) is 5.57 Å². The smallest absolute Gasteiger partial charge is 0.337 e. The summed E-state index contributed by atoms with van der Waals surface area (Å²) in [5, 5.41) is 12.1. The van der Waals surface area contributed by atoms with Crippen molar-refractivity contribution in [1.29, 1.82) is 5.26 Å². The first-order valence-electron chi connectivity index (χ1n) is 9.68. The van der Waals surface area contributed by atoms with Crippen LogP contribution in [0.4, 0.5) is 5.69 Å². The molecule has 3 aromatic rings. The molecule has 33 heavy (non-hydrogen) atoms. The third-order valence-electron chi connectivity index (χ3n) is 4.50. The number of methoxy groups -OCH3 is 1. The second kappa shape index (κ2) is 11.8. The zero-order chi connectivity index (χ0) is 23.8. The molecule has 0 radical (unpaired) electrons. The van der Waals surface area contributed by atoms with Crippen molar-refractivity contribution in [2.24, 2.45) is 0 Å². The lowest BCUT2D eigenvalue weighted by molar-refractivity contribution is -0.112. The van der Waals surface area contributed by atoms with Crippen LogP contribution in [0, 0.1) is 18.5 Å². The predicted octanol–water partition coefficient (Wildman–Crippen LogP) is 5.81. The van der Waals surface area contributed by atoms with Gasteiger partial charge in [0.2, 0.25) is 0 Å². The molecular formula is C25H18I2N2O4. The zero-order valence-electron chi connectivity index (χ0n) is 17.5. The van der Waals surface area contributed by atoms with Gasteiger partial charge in [0.15, 0.2) is 0 Å². The van der Waals surface area contributed by atoms with Crippen molar-refractivity contribution in [2.45, 2.75) is 6.61 Å². The van der Waals surface area contributed by atoms with Crippen LogP contribution in [0.5, 0.6) is 5.75 Å². The Kier molecular flexibility index (Phi) is 8.85. The van der Waals surface area contributed by atoms with Gasteiger partial charge in [-0.05, 0) is 111 Å². The fourth-order valence-electron chi connectivity index (χ4n) is 2.79. The largest absolute Gasteiger partial charge is 0.488 e. The fraction of sp³-hybridized carbons (Fsp3) is 0.0800. The number of nitrogens with zero attached hydrogens (tertiary/aromatic N) is 1. The van der Waals surface area contributed by atoms with Gasteiger partial charge in [0.1, 0.15) is 24.0 Å². The highest BCUT2D eigenvalue weighted by Gasteiger charge is 2.12. The summed E-state index contributed by atoms with van der Waals surface area (Å²) in [4.78, 5) is 24.0. The molecule has 6 nitrogen and oxygen atoms in total. The maximum Gasteiger partial charge on any atom is 0.337 e. The molecule has 3 rings (SSSR count). The van der Waals surface area contributed by atoms with E-state index < -0.39 is 11.9 Å². The van der Waals surface area contributed by atoms with Crippen molar-refractivity contribution < 1.29 is 19.1 Å². The molecule has 0 spiro atoms. The van der Waals surface area contributed by atoms with Crippen LogP contribution in [-0.2, 0) is 16.1 Å². The van der Waals surface area contributed by atoms with Crippen molar-refractivity contribution >= 4 is 68.8 Å². The standard InChI is InChI=1S/C25H18I2N2O4/c1-32-25(31)18-5-9-21(10-6-18)29-24(30)19(14-28)12-17-4-11-23(22(27)13-17)33-15-16-2-7-20(26)8-3-16/h2-13H,15H2,1H3,(H,29,30)/b19-12+. The van der Waals surface area contributed by atoms with Gasteiger partial charge in [-0.15, -0.1) is 0 Å². The van der Waals surface area contributed by atoms with Crippen molar-refractivity contribution in [1.82, 2.24) is 0 Å². The number of carbonyl (C=O) groups excluding carboxylic acids is 2. The number of anilines is 1. The highest BCUT2D eigenvalue weighted by atomic mass is 127. The molecule has 0 unspecified atom stereocenters. The highest BCUT2D eigenvalue weighted by Crippen LogP contribution is 2.25. The van der Waals surface area contributed by atoms with Crippen LogP contribution >= 0.6 is 45.2 Å². The molecule has 0 bridgehead atoms. The number of amides is 1. The van der Waals surface area contributed by atoms with Crippen LogP contribution in [0.1, 0.15) is 21.5 Å². The minimum atomic E-state index is -0.544. The molecule has 0 atom stereocenters. The minimum Gasteiger partial charge on any atom is -0.488 e. The second-order valence-corrected chi connectivity index (χ2v) is 9.21. The summed E-state index contributed by atoms with van der Waals surface area (Å²) >= 11 is 4.42. The maximum atomic E-state index is 12.5. The number of halogens is 2. The van der Waals surface area contributed by atoms with E-state index in [1.54, 1.807) is 18.2 Å². The Morgan fingerprint density at radius 2 is 1.73 bits per heavy atom. The van der Waals surface area contributed by atoms with E-state index in [4.69, 9.17) is 4.74 Å². The molecule has 0 saturated carbocycles. The maximum absolute atomic E-state index is 12.5. The van der Waals surface area contributed by atoms with Gasteiger partial charge in [0.25, 0.3) is 5.91 Å². The topological polar surface area (TPSA) is 88.4 Å². The number of nitrogens with one attached hydrogen (secondary N) is 1. The number of carbonyl (C=O) groups is 2. The molecule has 8 heteroatoms. The Hall–Kier alpha value is -2.91. The normalized spacial score (nSPS) is 10.8. The summed E-state index contributed by atoms with van der Waals surface area (Å²) < 4.78 is 12.6. The van der Waals surface area contributed by atoms with E-state index in [1.807, 2.05) is 42.5 Å². The second-order valence-electron chi connectivity index (χ2n) is 6.80. The summed E-state index contributed by atoms with van der Waals surface area (Å²) in [6, 6.07) is 21.7. The van der Waals surface area contributed by atoms with Crippen molar-refractivity contribution in [2.75, 3.05) is 12.4 Å². The third kappa shape index (κ3) is 7.03. The quantitative estimate of drug-likeness (QED) is 0.149. The average Bonchev–Trinajstić information content (AvgIpc) is 2.83. The summed E-state index contributed by atoms with van der Waals surface area (Å²) in [6.45, 7) is 0.447. The molecule has 0 aliphatic carbocycles. The number of hydrogen-bond donors (Lipinski definition) is 1. The molecule has 1 N–H and O–H groups in total. The van der Waals surface area contributed by atoms with E-state index in [0.29, 0.717) is 23.4 Å². The van der Waals surface area contributed by atoms with Gasteiger partial charge in [0, 0.05) is 9.26 Å². The fourth-order valence-corrected chi connectivity index (χ4v) is 3.84. The molecule has 166 valence electrons. The van der Waals surface area contributed by atoms with E-state index in [9.17, 15) is 14.9 Å². The number of hydrogen-bond acceptors (Lipinski definition) is 5. The summed E-state index contributed by atoms with van der Waals surface area (Å²) in [5.41, 5.74) is 2.55. The Bertz CT molecular complexity index is 1230. The van der Waals surface area contributed by atoms with Crippen LogP contribution in [0.2, 0.25) is 0 Å². The number of nitriles is 1. The summed E-state index contributed by atoms with van der Waals surface area (Å²) in [5.74, 6) is -0.289. The lowest BCUT2D eigenvalue weighted by Crippen LogP contribution is -2.13. The lowest BCUT2D eigenvalue weighted by atomic mass is 10.1. The van der Waals surface area contributed by atoms with Crippen LogP contribution in [0.25, 0.3) is 6.08 Å². The van der Waals surface area contributed by atoms with Gasteiger partial charge < -0.3 is 14.8 Å². The molecule has 0 aliphatic heterocycles. The van der Waals surface area contributed by atoms with Gasteiger partial charge >= 0.3 is 5.97 Å². The number of rotatable bonds is 7. The molecule has 0 aromatic heterocycles. The highest BCUT2D eigenvalue weighted by molar-refractivity contribution is 14.1. The third-order valence-corrected chi connectivity index (χ3v) is 6.07. The van der Waals surface area contributed by atoms with Crippen molar-refractivity contribution in [3.05, 3.63) is 96.1 Å². The van der Waals surface area contributed by atoms with Gasteiger partial charge in [-0.2, -0.15) is 5.26 Å². The number of benzene rings is 3. The van der Waals surface area contributed by atoms with Crippen molar-refractivity contribution in [3.8, 4) is 11.8 Å². The van der Waals surface area contributed by atoms with E-state index >= 15 is 0 Å². The first-order chi connectivity index (χ1) is 15.9. The Morgan fingerprint density at radius 3 is 2.33 bits per heavy atom. The first-order valence-corrected chi connectivity index (χ1v) is 11.8. The number of ether oxygens (including phenoxy) is 2. The SMILES string of the molecule is COC(=O)c1ccc(NC(=O)/C(C#N)=C/c2ccc(OCc3ccc(I)cc3)c(I)c2)cc1. The van der Waals surface area contributed by atoms with Gasteiger partial charge in [0.05, 0.1) is 16.2 Å². The van der Waals surface area contributed by atoms with Crippen LogP contribution in [0.3, 0.4) is 0 Å². The van der Waals surface area contributed by atoms with E-state index in [1.165, 1.54) is 25.3 Å². The molecule has 0 fully saturated rings. The Balaban J connectivity index is 1.67. The minimum absolute atomic E-state index is 0.0459. The lowest BCUT2D eigenvalue weighted by Gasteiger charge is -2.09. The monoisotopic (exact) mass is 664 g/mol. The van der Waals surface area contributed by atoms with Gasteiger partial charge in [-0.3, -0.25) is 4.79 Å². The van der Waals surface area contributed by atoms with Gasteiger partial charge in [-0.1, -0.05) is 18.2 Å². The number of esters is 1. The zero-order valence-corrected chi connectivity index (χ0v) is 21.8. The van der Waals surface area contributed by atoms with Crippen molar-refractivity contribution in [3.63, 3.8) is 0 Å². The van der Waals surface area contributed by atoms with Crippen LogP contribution in [0.15, 0.2) is 72.3 Å². The Labute approximate surface area is 218 Å². The summed E-state index contributed by atoms with van der Waals surface area (Å²) in [7, 11) is 1.30. The molecular weight excluding hydrogens is 646 g/mol. The molecule has 3 aromatic carbocycles. The van der Waals surface area contributed by atoms with E-state index in [2.05, 4.69) is 55.2 Å². The van der Waals surface area contributed by atoms with Crippen LogP contribution in [-0.4, -0.2) is 19.0 Å². The average molecular weight is 664 g/mol.